The van der Waals surface area contributed by atoms with E-state index in [1.54, 1.807) is 6.07 Å². The largest absolute Gasteiger partial charge is 0.496 e. The molecule has 1 heterocycles. The van der Waals surface area contributed by atoms with Gasteiger partial charge in [-0.1, -0.05) is 0 Å². The van der Waals surface area contributed by atoms with Gasteiger partial charge in [0, 0.05) is 17.5 Å². The van der Waals surface area contributed by atoms with E-state index in [9.17, 15) is 18.4 Å². The zero-order valence-corrected chi connectivity index (χ0v) is 15.7. The molecule has 0 aliphatic rings. The standard InChI is InChI=1S/C19H17F2N3O5/c1-27-14-7-15(28-2)17(29-3)16-9(14)5-13(23-16)19(26)24-12-4-8(18(22)25)10(20)6-11(12)21/h4-7,23H,1-3H3,(H2,22,25)(H,24,26). The molecule has 3 rings (SSSR count). The SMILES string of the molecule is COc1cc(OC)c2cc(C(=O)Nc3cc(C(N)=O)c(F)cc3F)[nH]c2c1OC. The smallest absolute Gasteiger partial charge is 0.272 e. The molecule has 0 saturated carbocycles. The number of hydrogen-bond donors (Lipinski definition) is 3. The lowest BCUT2D eigenvalue weighted by molar-refractivity contribution is 0.0992. The van der Waals surface area contributed by atoms with Crippen LogP contribution in [0.5, 0.6) is 17.2 Å². The van der Waals surface area contributed by atoms with Crippen molar-refractivity contribution in [2.24, 2.45) is 5.73 Å². The highest BCUT2D eigenvalue weighted by Gasteiger charge is 2.21. The van der Waals surface area contributed by atoms with Gasteiger partial charge < -0.3 is 30.2 Å². The number of anilines is 1. The number of halogens is 2. The number of fused-ring (bicyclic) bond motifs is 1. The molecule has 0 aliphatic carbocycles. The number of amides is 2. The van der Waals surface area contributed by atoms with Crippen molar-refractivity contribution in [1.82, 2.24) is 4.98 Å². The molecule has 29 heavy (non-hydrogen) atoms. The fraction of sp³-hybridized carbons (Fsp3) is 0.158. The molecule has 4 N–H and O–H groups in total. The van der Waals surface area contributed by atoms with E-state index < -0.39 is 34.7 Å². The molecule has 8 nitrogen and oxygen atoms in total. The summed E-state index contributed by atoms with van der Waals surface area (Å²) in [6.45, 7) is 0. The van der Waals surface area contributed by atoms with E-state index in [0.717, 1.165) is 6.07 Å². The minimum absolute atomic E-state index is 0.0363. The number of rotatable bonds is 6. The van der Waals surface area contributed by atoms with Crippen LogP contribution in [-0.2, 0) is 0 Å². The minimum Gasteiger partial charge on any atom is -0.496 e. The first-order chi connectivity index (χ1) is 13.8. The monoisotopic (exact) mass is 405 g/mol. The van der Waals surface area contributed by atoms with E-state index in [-0.39, 0.29) is 5.69 Å². The lowest BCUT2D eigenvalue weighted by atomic mass is 10.1. The summed E-state index contributed by atoms with van der Waals surface area (Å²) in [7, 11) is 4.34. The Morgan fingerprint density at radius 2 is 1.66 bits per heavy atom. The zero-order valence-electron chi connectivity index (χ0n) is 15.7. The quantitative estimate of drug-likeness (QED) is 0.583. The van der Waals surface area contributed by atoms with E-state index in [0.29, 0.717) is 34.2 Å². The maximum Gasteiger partial charge on any atom is 0.272 e. The van der Waals surface area contributed by atoms with Crippen molar-refractivity contribution in [1.29, 1.82) is 0 Å². The maximum atomic E-state index is 14.0. The highest BCUT2D eigenvalue weighted by atomic mass is 19.1. The van der Waals surface area contributed by atoms with Crippen LogP contribution in [0.1, 0.15) is 20.8 Å². The van der Waals surface area contributed by atoms with Crippen molar-refractivity contribution in [2.45, 2.75) is 0 Å². The van der Waals surface area contributed by atoms with Gasteiger partial charge in [0.25, 0.3) is 11.8 Å². The molecular weight excluding hydrogens is 388 g/mol. The summed E-state index contributed by atoms with van der Waals surface area (Å²) in [4.78, 5) is 26.8. The molecule has 0 saturated heterocycles. The molecule has 0 bridgehead atoms. The Bertz CT molecular complexity index is 1130. The molecule has 2 amide bonds. The van der Waals surface area contributed by atoms with Crippen LogP contribution in [0.4, 0.5) is 14.5 Å². The third kappa shape index (κ3) is 3.51. The lowest BCUT2D eigenvalue weighted by Gasteiger charge is -2.11. The van der Waals surface area contributed by atoms with Crippen molar-refractivity contribution < 1.29 is 32.6 Å². The average molecular weight is 405 g/mol. The molecule has 0 aliphatic heterocycles. The Hall–Kier alpha value is -3.82. The maximum absolute atomic E-state index is 14.0. The normalized spacial score (nSPS) is 10.7. The summed E-state index contributed by atoms with van der Waals surface area (Å²) in [5.74, 6) is -2.89. The number of methoxy groups -OCH3 is 3. The van der Waals surface area contributed by atoms with Gasteiger partial charge in [-0.3, -0.25) is 9.59 Å². The minimum atomic E-state index is -1.12. The highest BCUT2D eigenvalue weighted by molar-refractivity contribution is 6.08. The molecule has 0 atom stereocenters. The molecule has 0 radical (unpaired) electrons. The summed E-state index contributed by atoms with van der Waals surface area (Å²) >= 11 is 0. The number of H-pyrrole nitrogens is 1. The summed E-state index contributed by atoms with van der Waals surface area (Å²) < 4.78 is 43.6. The van der Waals surface area contributed by atoms with E-state index in [4.69, 9.17) is 19.9 Å². The van der Waals surface area contributed by atoms with Gasteiger partial charge in [-0.15, -0.1) is 0 Å². The molecule has 152 valence electrons. The van der Waals surface area contributed by atoms with E-state index in [1.807, 2.05) is 0 Å². The predicted octanol–water partition coefficient (Wildman–Crippen LogP) is 2.82. The van der Waals surface area contributed by atoms with Crippen LogP contribution in [0.25, 0.3) is 10.9 Å². The molecule has 1 aromatic heterocycles. The number of aromatic nitrogens is 1. The average Bonchev–Trinajstić information content (AvgIpc) is 3.13. The first kappa shape index (κ1) is 19.9. The molecule has 2 aromatic carbocycles. The molecule has 3 aromatic rings. The van der Waals surface area contributed by atoms with Crippen LogP contribution in [0, 0.1) is 11.6 Å². The van der Waals surface area contributed by atoms with Gasteiger partial charge in [-0.25, -0.2) is 8.78 Å². The number of carbonyl (C=O) groups excluding carboxylic acids is 2. The Kier molecular flexibility index (Phi) is 5.26. The highest BCUT2D eigenvalue weighted by Crippen LogP contribution is 2.41. The van der Waals surface area contributed by atoms with E-state index in [1.165, 1.54) is 27.4 Å². The first-order valence-electron chi connectivity index (χ1n) is 8.22. The van der Waals surface area contributed by atoms with Crippen LogP contribution in [0.2, 0.25) is 0 Å². The van der Waals surface area contributed by atoms with Crippen molar-refractivity contribution in [2.75, 3.05) is 26.6 Å². The zero-order chi connectivity index (χ0) is 21.3. The second kappa shape index (κ2) is 7.66. The van der Waals surface area contributed by atoms with Crippen molar-refractivity contribution >= 4 is 28.4 Å². The number of ether oxygens (including phenoxy) is 3. The molecular formula is C19H17F2N3O5. The van der Waals surface area contributed by atoms with Crippen LogP contribution in [0.3, 0.4) is 0 Å². The number of aromatic amines is 1. The van der Waals surface area contributed by atoms with Gasteiger partial charge in [0.1, 0.15) is 23.1 Å². The van der Waals surface area contributed by atoms with Crippen molar-refractivity contribution in [3.63, 3.8) is 0 Å². The second-order valence-electron chi connectivity index (χ2n) is 5.92. The van der Waals surface area contributed by atoms with Crippen LogP contribution in [-0.4, -0.2) is 38.1 Å². The molecule has 0 spiro atoms. The van der Waals surface area contributed by atoms with Gasteiger partial charge in [-0.05, 0) is 12.1 Å². The van der Waals surface area contributed by atoms with E-state index >= 15 is 0 Å². The van der Waals surface area contributed by atoms with Crippen molar-refractivity contribution in [3.05, 3.63) is 47.2 Å². The molecule has 10 heteroatoms. The number of nitrogens with one attached hydrogen (secondary N) is 2. The van der Waals surface area contributed by atoms with Gasteiger partial charge in [0.15, 0.2) is 11.5 Å². The Labute approximate surface area is 163 Å². The molecule has 0 unspecified atom stereocenters. The third-order valence-electron chi connectivity index (χ3n) is 4.26. The van der Waals surface area contributed by atoms with E-state index in [2.05, 4.69) is 10.3 Å². The van der Waals surface area contributed by atoms with Crippen LogP contribution >= 0.6 is 0 Å². The number of hydrogen-bond acceptors (Lipinski definition) is 5. The summed E-state index contributed by atoms with van der Waals surface area (Å²) in [5.41, 5.74) is 4.56. The van der Waals surface area contributed by atoms with Gasteiger partial charge in [0.05, 0.1) is 38.1 Å². The number of carbonyl (C=O) groups is 2. The summed E-state index contributed by atoms with van der Waals surface area (Å²) in [6.07, 6.45) is 0. The molecule has 0 fully saturated rings. The predicted molar refractivity (Wildman–Crippen MR) is 101 cm³/mol. The lowest BCUT2D eigenvalue weighted by Crippen LogP contribution is -2.17. The van der Waals surface area contributed by atoms with Gasteiger partial charge >= 0.3 is 0 Å². The number of primary amides is 1. The Morgan fingerprint density at radius 3 is 2.24 bits per heavy atom. The van der Waals surface area contributed by atoms with Crippen LogP contribution < -0.4 is 25.3 Å². The topological polar surface area (TPSA) is 116 Å². The Balaban J connectivity index is 2.05. The fourth-order valence-electron chi connectivity index (χ4n) is 2.88. The second-order valence-corrected chi connectivity index (χ2v) is 5.92. The van der Waals surface area contributed by atoms with Crippen molar-refractivity contribution in [3.8, 4) is 17.2 Å². The number of nitrogens with two attached hydrogens (primary N) is 1. The first-order valence-corrected chi connectivity index (χ1v) is 8.22. The third-order valence-corrected chi connectivity index (χ3v) is 4.26. The van der Waals surface area contributed by atoms with Gasteiger partial charge in [-0.2, -0.15) is 0 Å². The van der Waals surface area contributed by atoms with Crippen LogP contribution in [0.15, 0.2) is 24.3 Å². The fourth-order valence-corrected chi connectivity index (χ4v) is 2.88. The summed E-state index contributed by atoms with van der Waals surface area (Å²) in [5, 5.41) is 2.80. The Morgan fingerprint density at radius 1 is 0.966 bits per heavy atom. The number of benzene rings is 2. The summed E-state index contributed by atoms with van der Waals surface area (Å²) in [6, 6.07) is 4.37. The van der Waals surface area contributed by atoms with Gasteiger partial charge in [0.2, 0.25) is 0 Å².